The van der Waals surface area contributed by atoms with Gasteiger partial charge in [0.15, 0.2) is 5.96 Å². The fourth-order valence-corrected chi connectivity index (χ4v) is 3.74. The lowest BCUT2D eigenvalue weighted by atomic mass is 10.2. The monoisotopic (exact) mass is 402 g/mol. The molecular formula is C17H30N4O3S2. The van der Waals surface area contributed by atoms with E-state index in [-0.39, 0.29) is 11.4 Å². The lowest BCUT2D eigenvalue weighted by molar-refractivity contribution is 0.204. The van der Waals surface area contributed by atoms with E-state index in [2.05, 4.69) is 26.6 Å². The van der Waals surface area contributed by atoms with Crippen LogP contribution in [0.1, 0.15) is 18.4 Å². The molecule has 0 aliphatic heterocycles. The zero-order valence-corrected chi connectivity index (χ0v) is 17.4. The van der Waals surface area contributed by atoms with Crippen molar-refractivity contribution in [1.82, 2.24) is 15.4 Å². The molecule has 0 unspecified atom stereocenters. The summed E-state index contributed by atoms with van der Waals surface area (Å²) in [5.41, 5.74) is 0.866. The minimum absolute atomic E-state index is 0.243. The van der Waals surface area contributed by atoms with E-state index in [1.54, 1.807) is 25.2 Å². The Hall–Kier alpha value is -1.29. The number of sulfonamides is 1. The van der Waals surface area contributed by atoms with Crippen LogP contribution in [0.5, 0.6) is 0 Å². The van der Waals surface area contributed by atoms with Gasteiger partial charge in [0, 0.05) is 33.8 Å². The van der Waals surface area contributed by atoms with Crippen molar-refractivity contribution in [2.45, 2.75) is 24.3 Å². The molecular weight excluding hydrogens is 372 g/mol. The number of hydrogen-bond donors (Lipinski definition) is 3. The number of guanidine groups is 1. The van der Waals surface area contributed by atoms with Gasteiger partial charge in [-0.2, -0.15) is 11.8 Å². The lowest BCUT2D eigenvalue weighted by Crippen LogP contribution is -2.37. The second kappa shape index (κ2) is 13.0. The van der Waals surface area contributed by atoms with Crippen LogP contribution in [0.2, 0.25) is 0 Å². The highest BCUT2D eigenvalue weighted by atomic mass is 32.2. The number of unbranched alkanes of at least 4 members (excludes halogenated alkanes) is 1. The zero-order chi connectivity index (χ0) is 19.3. The quantitative estimate of drug-likeness (QED) is 0.278. The first-order valence-corrected chi connectivity index (χ1v) is 11.4. The van der Waals surface area contributed by atoms with E-state index in [9.17, 15) is 8.42 Å². The molecule has 0 bridgehead atoms. The lowest BCUT2D eigenvalue weighted by Gasteiger charge is -2.13. The maximum Gasteiger partial charge on any atom is 0.240 e. The number of nitrogens with one attached hydrogen (secondary N) is 3. The number of rotatable bonds is 12. The molecule has 0 saturated heterocycles. The van der Waals surface area contributed by atoms with Crippen LogP contribution in [0.4, 0.5) is 0 Å². The summed E-state index contributed by atoms with van der Waals surface area (Å²) < 4.78 is 31.9. The van der Waals surface area contributed by atoms with Crippen molar-refractivity contribution in [3.8, 4) is 0 Å². The van der Waals surface area contributed by atoms with Crippen molar-refractivity contribution in [3.05, 3.63) is 29.8 Å². The highest BCUT2D eigenvalue weighted by Crippen LogP contribution is 2.11. The summed E-state index contributed by atoms with van der Waals surface area (Å²) >= 11 is 1.85. The van der Waals surface area contributed by atoms with E-state index in [4.69, 9.17) is 4.74 Å². The first kappa shape index (κ1) is 22.8. The van der Waals surface area contributed by atoms with Crippen LogP contribution in [-0.4, -0.2) is 60.2 Å². The second-order valence-electron chi connectivity index (χ2n) is 5.59. The normalized spacial score (nSPS) is 12.2. The summed E-state index contributed by atoms with van der Waals surface area (Å²) in [6.45, 7) is 1.93. The van der Waals surface area contributed by atoms with E-state index in [0.29, 0.717) is 19.1 Å². The molecule has 3 N–H and O–H groups in total. The molecule has 1 aromatic rings. The van der Waals surface area contributed by atoms with Gasteiger partial charge in [0.05, 0.1) is 11.5 Å². The maximum absolute atomic E-state index is 12.3. The van der Waals surface area contributed by atoms with Crippen LogP contribution in [0.15, 0.2) is 34.2 Å². The number of nitrogens with zero attached hydrogens (tertiary/aromatic N) is 1. The van der Waals surface area contributed by atoms with E-state index in [1.165, 1.54) is 13.5 Å². The van der Waals surface area contributed by atoms with Gasteiger partial charge in [-0.05, 0) is 42.5 Å². The minimum Gasteiger partial charge on any atom is -0.383 e. The Morgan fingerprint density at radius 2 is 2.04 bits per heavy atom. The van der Waals surface area contributed by atoms with E-state index < -0.39 is 10.0 Å². The molecule has 0 aromatic heterocycles. The highest BCUT2D eigenvalue weighted by Gasteiger charge is 2.13. The summed E-state index contributed by atoms with van der Waals surface area (Å²) in [5.74, 6) is 1.87. The summed E-state index contributed by atoms with van der Waals surface area (Å²) in [6.07, 6.45) is 4.36. The van der Waals surface area contributed by atoms with Gasteiger partial charge in [0.1, 0.15) is 0 Å². The minimum atomic E-state index is -3.53. The van der Waals surface area contributed by atoms with E-state index >= 15 is 0 Å². The molecule has 26 heavy (non-hydrogen) atoms. The van der Waals surface area contributed by atoms with Crippen molar-refractivity contribution in [3.63, 3.8) is 0 Å². The van der Waals surface area contributed by atoms with Gasteiger partial charge < -0.3 is 15.4 Å². The highest BCUT2D eigenvalue weighted by molar-refractivity contribution is 7.98. The molecule has 0 radical (unpaired) electrons. The third-order valence-corrected chi connectivity index (χ3v) is 5.71. The molecule has 0 aliphatic carbocycles. The van der Waals surface area contributed by atoms with Crippen molar-refractivity contribution in [1.29, 1.82) is 0 Å². The fourth-order valence-electron chi connectivity index (χ4n) is 2.17. The largest absolute Gasteiger partial charge is 0.383 e. The number of methoxy groups -OCH3 is 1. The van der Waals surface area contributed by atoms with Crippen molar-refractivity contribution in [2.24, 2.45) is 4.99 Å². The number of ether oxygens (including phenoxy) is 1. The number of hydrogen-bond acceptors (Lipinski definition) is 5. The zero-order valence-electron chi connectivity index (χ0n) is 15.7. The van der Waals surface area contributed by atoms with Crippen LogP contribution >= 0.6 is 11.8 Å². The van der Waals surface area contributed by atoms with Gasteiger partial charge in [-0.25, -0.2) is 13.1 Å². The predicted molar refractivity (Wildman–Crippen MR) is 109 cm³/mol. The molecule has 7 nitrogen and oxygen atoms in total. The average molecular weight is 403 g/mol. The Bertz CT molecular complexity index is 651. The molecule has 1 aromatic carbocycles. The molecule has 148 valence electrons. The molecule has 0 amide bonds. The Kier molecular flexibility index (Phi) is 11.3. The van der Waals surface area contributed by atoms with Crippen LogP contribution in [0.3, 0.4) is 0 Å². The topological polar surface area (TPSA) is 91.8 Å². The SMILES string of the molecule is CN=C(NCCCCSC)NCc1cccc(S(=O)(=O)NCCOC)c1. The van der Waals surface area contributed by atoms with Crippen LogP contribution in [0.25, 0.3) is 0 Å². The summed E-state index contributed by atoms with van der Waals surface area (Å²) in [5, 5.41) is 6.47. The van der Waals surface area contributed by atoms with Crippen LogP contribution in [-0.2, 0) is 21.3 Å². The average Bonchev–Trinajstić information content (AvgIpc) is 2.64. The molecule has 1 rings (SSSR count). The second-order valence-corrected chi connectivity index (χ2v) is 8.34. The molecule has 9 heteroatoms. The Labute approximate surface area is 161 Å². The summed E-state index contributed by atoms with van der Waals surface area (Å²) in [6, 6.07) is 6.86. The third-order valence-electron chi connectivity index (χ3n) is 3.56. The molecule has 0 saturated carbocycles. The van der Waals surface area contributed by atoms with Crippen LogP contribution in [0, 0.1) is 0 Å². The molecule has 0 spiro atoms. The van der Waals surface area contributed by atoms with Crippen molar-refractivity contribution < 1.29 is 13.2 Å². The number of thioether (sulfide) groups is 1. The number of benzene rings is 1. The first-order valence-electron chi connectivity index (χ1n) is 8.54. The van der Waals surface area contributed by atoms with Gasteiger partial charge in [0.25, 0.3) is 0 Å². The van der Waals surface area contributed by atoms with Crippen molar-refractivity contribution in [2.75, 3.05) is 45.9 Å². The fraction of sp³-hybridized carbons (Fsp3) is 0.588. The third kappa shape index (κ3) is 8.88. The summed E-state index contributed by atoms with van der Waals surface area (Å²) in [4.78, 5) is 4.43. The molecule has 0 atom stereocenters. The number of aliphatic imine (C=N–C) groups is 1. The van der Waals surface area contributed by atoms with E-state index in [0.717, 1.165) is 24.3 Å². The van der Waals surface area contributed by atoms with Gasteiger partial charge in [-0.1, -0.05) is 12.1 Å². The summed E-state index contributed by atoms with van der Waals surface area (Å²) in [7, 11) is -0.276. The van der Waals surface area contributed by atoms with Crippen LogP contribution < -0.4 is 15.4 Å². The molecule has 0 heterocycles. The van der Waals surface area contributed by atoms with E-state index in [1.807, 2.05) is 17.8 Å². The first-order chi connectivity index (χ1) is 12.5. The molecule has 0 aliphatic rings. The molecule has 0 fully saturated rings. The van der Waals surface area contributed by atoms with Gasteiger partial charge in [-0.15, -0.1) is 0 Å². The smallest absolute Gasteiger partial charge is 0.240 e. The Morgan fingerprint density at radius 1 is 1.23 bits per heavy atom. The Morgan fingerprint density at radius 3 is 2.73 bits per heavy atom. The van der Waals surface area contributed by atoms with Gasteiger partial charge >= 0.3 is 0 Å². The standard InChI is InChI=1S/C17H30N4O3S2/c1-18-17(19-9-4-5-12-25-3)20-14-15-7-6-8-16(13-15)26(22,23)21-10-11-24-2/h6-8,13,21H,4-5,9-12,14H2,1-3H3,(H2,18,19,20). The van der Waals surface area contributed by atoms with Gasteiger partial charge in [0.2, 0.25) is 10.0 Å². The Balaban J connectivity index is 2.54. The predicted octanol–water partition coefficient (Wildman–Crippen LogP) is 1.42. The maximum atomic E-state index is 12.3. The van der Waals surface area contributed by atoms with Gasteiger partial charge in [-0.3, -0.25) is 4.99 Å². The van der Waals surface area contributed by atoms with Crippen molar-refractivity contribution >= 4 is 27.7 Å².